The minimum atomic E-state index is 0.282. The SMILES string of the molecule is CCn1c(CN2CCCCC2c2ccnc(N)n2)nc2ccccc21. The summed E-state index contributed by atoms with van der Waals surface area (Å²) in [7, 11) is 0. The van der Waals surface area contributed by atoms with E-state index >= 15 is 0 Å². The summed E-state index contributed by atoms with van der Waals surface area (Å²) in [5.74, 6) is 1.47. The molecule has 6 heteroatoms. The normalized spacial score (nSPS) is 18.7. The van der Waals surface area contributed by atoms with Crippen LogP contribution in [0.3, 0.4) is 0 Å². The molecule has 6 nitrogen and oxygen atoms in total. The van der Waals surface area contributed by atoms with Crippen LogP contribution in [0.4, 0.5) is 5.95 Å². The first-order valence-corrected chi connectivity index (χ1v) is 9.03. The van der Waals surface area contributed by atoms with Gasteiger partial charge in [-0.2, -0.15) is 0 Å². The van der Waals surface area contributed by atoms with E-state index in [1.54, 1.807) is 6.20 Å². The number of imidazole rings is 1. The van der Waals surface area contributed by atoms with Crippen LogP contribution < -0.4 is 5.73 Å². The number of aryl methyl sites for hydroxylation is 1. The van der Waals surface area contributed by atoms with E-state index in [1.807, 2.05) is 12.1 Å². The molecule has 4 rings (SSSR count). The Kier molecular flexibility index (Phi) is 4.36. The summed E-state index contributed by atoms with van der Waals surface area (Å²) < 4.78 is 2.31. The van der Waals surface area contributed by atoms with Crippen molar-refractivity contribution >= 4 is 17.0 Å². The van der Waals surface area contributed by atoms with Gasteiger partial charge in [-0.25, -0.2) is 15.0 Å². The van der Waals surface area contributed by atoms with Gasteiger partial charge in [0.1, 0.15) is 5.82 Å². The minimum absolute atomic E-state index is 0.282. The molecule has 0 saturated carbocycles. The number of para-hydroxylation sites is 2. The topological polar surface area (TPSA) is 72.9 Å². The van der Waals surface area contributed by atoms with Gasteiger partial charge >= 0.3 is 0 Å². The van der Waals surface area contributed by atoms with Gasteiger partial charge < -0.3 is 10.3 Å². The average molecular weight is 336 g/mol. The summed E-state index contributed by atoms with van der Waals surface area (Å²) in [5.41, 5.74) is 9.10. The molecule has 1 unspecified atom stereocenters. The van der Waals surface area contributed by atoms with E-state index in [0.717, 1.165) is 43.1 Å². The van der Waals surface area contributed by atoms with Gasteiger partial charge in [-0.15, -0.1) is 0 Å². The van der Waals surface area contributed by atoms with Gasteiger partial charge in [-0.1, -0.05) is 18.6 Å². The number of hydrogen-bond donors (Lipinski definition) is 1. The summed E-state index contributed by atoms with van der Waals surface area (Å²) in [4.78, 5) is 15.9. The van der Waals surface area contributed by atoms with Crippen LogP contribution in [-0.4, -0.2) is 31.0 Å². The van der Waals surface area contributed by atoms with Crippen molar-refractivity contribution in [1.82, 2.24) is 24.4 Å². The lowest BCUT2D eigenvalue weighted by Crippen LogP contribution is -2.34. The maximum Gasteiger partial charge on any atom is 0.220 e. The summed E-state index contributed by atoms with van der Waals surface area (Å²) >= 11 is 0. The molecular weight excluding hydrogens is 312 g/mol. The Bertz CT molecular complexity index is 871. The molecule has 1 atom stereocenters. The third-order valence-corrected chi connectivity index (χ3v) is 5.05. The lowest BCUT2D eigenvalue weighted by molar-refractivity contribution is 0.132. The zero-order valence-electron chi connectivity index (χ0n) is 14.6. The van der Waals surface area contributed by atoms with Crippen molar-refractivity contribution in [2.24, 2.45) is 0 Å². The number of likely N-dealkylation sites (tertiary alicyclic amines) is 1. The zero-order valence-corrected chi connectivity index (χ0v) is 14.6. The van der Waals surface area contributed by atoms with E-state index < -0.39 is 0 Å². The molecule has 3 heterocycles. The summed E-state index contributed by atoms with van der Waals surface area (Å²) in [6, 6.07) is 10.6. The number of nitrogen functional groups attached to an aromatic ring is 1. The maximum absolute atomic E-state index is 5.80. The molecule has 0 amide bonds. The smallest absolute Gasteiger partial charge is 0.220 e. The Morgan fingerprint density at radius 3 is 2.88 bits per heavy atom. The quantitative estimate of drug-likeness (QED) is 0.792. The number of benzene rings is 1. The molecule has 1 aliphatic rings. The van der Waals surface area contributed by atoms with Crippen molar-refractivity contribution in [2.75, 3.05) is 12.3 Å². The zero-order chi connectivity index (χ0) is 17.2. The van der Waals surface area contributed by atoms with Crippen LogP contribution in [0.1, 0.15) is 43.7 Å². The van der Waals surface area contributed by atoms with Crippen LogP contribution in [0.5, 0.6) is 0 Å². The molecule has 1 aliphatic heterocycles. The van der Waals surface area contributed by atoms with Gasteiger partial charge in [-0.05, 0) is 44.5 Å². The van der Waals surface area contributed by atoms with Gasteiger partial charge in [0.25, 0.3) is 0 Å². The number of piperidine rings is 1. The van der Waals surface area contributed by atoms with Crippen molar-refractivity contribution in [3.63, 3.8) is 0 Å². The Labute approximate surface area is 147 Å². The van der Waals surface area contributed by atoms with Crippen molar-refractivity contribution < 1.29 is 0 Å². The number of anilines is 1. The number of aromatic nitrogens is 4. The third kappa shape index (κ3) is 3.09. The van der Waals surface area contributed by atoms with E-state index in [9.17, 15) is 0 Å². The van der Waals surface area contributed by atoms with Crippen LogP contribution in [0.15, 0.2) is 36.5 Å². The predicted octanol–water partition coefficient (Wildman–Crippen LogP) is 3.16. The van der Waals surface area contributed by atoms with Gasteiger partial charge in [-0.3, -0.25) is 4.90 Å². The van der Waals surface area contributed by atoms with E-state index in [1.165, 1.54) is 18.4 Å². The molecule has 0 spiro atoms. The first-order chi connectivity index (χ1) is 12.3. The third-order valence-electron chi connectivity index (χ3n) is 5.05. The van der Waals surface area contributed by atoms with Crippen LogP contribution in [-0.2, 0) is 13.1 Å². The molecule has 2 aromatic heterocycles. The molecule has 2 N–H and O–H groups in total. The lowest BCUT2D eigenvalue weighted by atomic mass is 9.99. The van der Waals surface area contributed by atoms with Crippen LogP contribution in [0.2, 0.25) is 0 Å². The Morgan fingerprint density at radius 1 is 1.16 bits per heavy atom. The van der Waals surface area contributed by atoms with E-state index in [2.05, 4.69) is 44.6 Å². The molecule has 130 valence electrons. The van der Waals surface area contributed by atoms with Crippen molar-refractivity contribution in [2.45, 2.75) is 45.3 Å². The molecule has 0 aliphatic carbocycles. The molecular formula is C19H24N6. The summed E-state index contributed by atoms with van der Waals surface area (Å²) in [6.45, 7) is 4.99. The summed E-state index contributed by atoms with van der Waals surface area (Å²) in [6.07, 6.45) is 5.28. The average Bonchev–Trinajstić information content (AvgIpc) is 2.99. The number of rotatable bonds is 4. The Morgan fingerprint density at radius 2 is 2.04 bits per heavy atom. The van der Waals surface area contributed by atoms with E-state index in [-0.39, 0.29) is 6.04 Å². The monoisotopic (exact) mass is 336 g/mol. The second-order valence-electron chi connectivity index (χ2n) is 6.58. The molecule has 1 saturated heterocycles. The standard InChI is InChI=1S/C19H24N6/c1-2-25-17-9-4-3-7-14(17)22-18(25)13-24-12-6-5-8-16(24)15-10-11-21-19(20)23-15/h3-4,7,9-11,16H,2,5-6,8,12-13H2,1H3,(H2,20,21,23). The summed E-state index contributed by atoms with van der Waals surface area (Å²) in [5, 5.41) is 0. The first kappa shape index (κ1) is 16.0. The van der Waals surface area contributed by atoms with Crippen LogP contribution in [0.25, 0.3) is 11.0 Å². The van der Waals surface area contributed by atoms with Crippen molar-refractivity contribution in [3.05, 3.63) is 48.0 Å². The number of nitrogens with two attached hydrogens (primary N) is 1. The fraction of sp³-hybridized carbons (Fsp3) is 0.421. The molecule has 3 aromatic rings. The second-order valence-corrected chi connectivity index (χ2v) is 6.58. The maximum atomic E-state index is 5.80. The van der Waals surface area contributed by atoms with E-state index in [4.69, 9.17) is 10.7 Å². The highest BCUT2D eigenvalue weighted by Gasteiger charge is 2.27. The van der Waals surface area contributed by atoms with Gasteiger partial charge in [0.05, 0.1) is 29.3 Å². The minimum Gasteiger partial charge on any atom is -0.368 e. The van der Waals surface area contributed by atoms with Crippen molar-refractivity contribution in [1.29, 1.82) is 0 Å². The molecule has 1 fully saturated rings. The molecule has 25 heavy (non-hydrogen) atoms. The molecule has 1 aromatic carbocycles. The number of fused-ring (bicyclic) bond motifs is 1. The van der Waals surface area contributed by atoms with Gasteiger partial charge in [0, 0.05) is 12.7 Å². The predicted molar refractivity (Wildman–Crippen MR) is 98.9 cm³/mol. The Balaban J connectivity index is 1.66. The highest BCUT2D eigenvalue weighted by molar-refractivity contribution is 5.75. The fourth-order valence-corrected chi connectivity index (χ4v) is 3.87. The van der Waals surface area contributed by atoms with Crippen LogP contribution in [0, 0.1) is 0 Å². The largest absolute Gasteiger partial charge is 0.368 e. The van der Waals surface area contributed by atoms with Gasteiger partial charge in [0.15, 0.2) is 0 Å². The molecule has 0 radical (unpaired) electrons. The highest BCUT2D eigenvalue weighted by atomic mass is 15.2. The molecule has 0 bridgehead atoms. The van der Waals surface area contributed by atoms with E-state index in [0.29, 0.717) is 5.95 Å². The van der Waals surface area contributed by atoms with Gasteiger partial charge in [0.2, 0.25) is 5.95 Å². The highest BCUT2D eigenvalue weighted by Crippen LogP contribution is 2.31. The van der Waals surface area contributed by atoms with Crippen LogP contribution >= 0.6 is 0 Å². The fourth-order valence-electron chi connectivity index (χ4n) is 3.87. The van der Waals surface area contributed by atoms with Crippen molar-refractivity contribution in [3.8, 4) is 0 Å². The second kappa shape index (κ2) is 6.80. The Hall–Kier alpha value is -2.47. The number of hydrogen-bond acceptors (Lipinski definition) is 5. The lowest BCUT2D eigenvalue weighted by Gasteiger charge is -2.35. The first-order valence-electron chi connectivity index (χ1n) is 9.03. The number of nitrogens with zero attached hydrogens (tertiary/aromatic N) is 5.